The number of nitrogens with zero attached hydrogens (tertiary/aromatic N) is 2. The Labute approximate surface area is 324 Å². The Hall–Kier alpha value is -3.12. The molecule has 3 N–H and O–H groups in total. The van der Waals surface area contributed by atoms with Crippen molar-refractivity contribution < 1.29 is 39.0 Å². The number of piperidine rings is 2. The highest BCUT2D eigenvalue weighted by Gasteiger charge is 2.81. The lowest BCUT2D eigenvalue weighted by atomic mass is 9.37. The number of rotatable bonds is 5. The maximum atomic E-state index is 10.8. The molecule has 0 amide bonds. The van der Waals surface area contributed by atoms with E-state index in [4.69, 9.17) is 23.7 Å². The summed E-state index contributed by atoms with van der Waals surface area (Å²) in [5, 5.41) is 32.1. The first-order chi connectivity index (χ1) is 26.4. The molecule has 0 radical (unpaired) electrons. The van der Waals surface area contributed by atoms with Gasteiger partial charge in [-0.3, -0.25) is 0 Å². The molecule has 4 heterocycles. The number of aliphatic hydroxyl groups is 2. The van der Waals surface area contributed by atoms with Crippen LogP contribution in [0.5, 0.6) is 23.0 Å². The number of phenolic OH excluding ortho intramolecular Hbond substituents is 1. The molecule has 2 saturated carbocycles. The van der Waals surface area contributed by atoms with Crippen molar-refractivity contribution in [3.63, 3.8) is 0 Å². The minimum absolute atomic E-state index is 0.0106. The van der Waals surface area contributed by atoms with Crippen molar-refractivity contribution in [2.24, 2.45) is 22.7 Å². The number of likely N-dealkylation sites (tertiary alicyclic amines) is 2. The number of phenols is 1. The Bertz CT molecular complexity index is 2070. The van der Waals surface area contributed by atoms with Gasteiger partial charge in [-0.2, -0.15) is 0 Å². The summed E-state index contributed by atoms with van der Waals surface area (Å²) in [6, 6.07) is 8.92. The molecular weight excluding hydrogens is 697 g/mol. The Morgan fingerprint density at radius 3 is 1.64 bits per heavy atom. The van der Waals surface area contributed by atoms with Gasteiger partial charge in [-0.25, -0.2) is 0 Å². The van der Waals surface area contributed by atoms with Crippen molar-refractivity contribution >= 4 is 0 Å². The summed E-state index contributed by atoms with van der Waals surface area (Å²) in [4.78, 5) is 5.02. The largest absolute Gasteiger partial charge is 0.504 e. The molecule has 2 saturated heterocycles. The maximum Gasteiger partial charge on any atom is 0.166 e. The second kappa shape index (κ2) is 10.9. The average Bonchev–Trinajstić information content (AvgIpc) is 3.75. The van der Waals surface area contributed by atoms with E-state index in [2.05, 4.69) is 66.4 Å². The van der Waals surface area contributed by atoms with Gasteiger partial charge in [0.15, 0.2) is 23.0 Å². The molecule has 8 aliphatic carbocycles. The fraction of sp³-hybridized carbons (Fsp3) is 0.644. The van der Waals surface area contributed by atoms with Crippen molar-refractivity contribution in [1.29, 1.82) is 0 Å². The van der Waals surface area contributed by atoms with E-state index in [0.29, 0.717) is 17.8 Å². The van der Waals surface area contributed by atoms with Gasteiger partial charge in [0.1, 0.15) is 23.4 Å². The highest BCUT2D eigenvalue weighted by atomic mass is 16.6. The third kappa shape index (κ3) is 3.56. The van der Waals surface area contributed by atoms with Crippen LogP contribution in [0.3, 0.4) is 0 Å². The molecule has 4 spiro atoms. The number of methoxy groups -OCH3 is 3. The first kappa shape index (κ1) is 35.1. The zero-order valence-electron chi connectivity index (χ0n) is 33.2. The normalized spacial score (nSPS) is 46.2. The van der Waals surface area contributed by atoms with Gasteiger partial charge in [0.05, 0.1) is 30.1 Å². The molecule has 4 fully saturated rings. The Morgan fingerprint density at radius 1 is 0.691 bits per heavy atom. The second-order valence-corrected chi connectivity index (χ2v) is 18.9. The van der Waals surface area contributed by atoms with Gasteiger partial charge < -0.3 is 48.8 Å². The third-order valence-corrected chi connectivity index (χ3v) is 17.6. The van der Waals surface area contributed by atoms with Crippen LogP contribution < -0.4 is 14.2 Å². The van der Waals surface area contributed by atoms with Crippen LogP contribution in [0, 0.1) is 22.7 Å². The van der Waals surface area contributed by atoms with E-state index >= 15 is 0 Å². The van der Waals surface area contributed by atoms with Crippen molar-refractivity contribution in [2.45, 2.75) is 111 Å². The van der Waals surface area contributed by atoms with Crippen LogP contribution in [-0.4, -0.2) is 121 Å². The van der Waals surface area contributed by atoms with Crippen LogP contribution in [-0.2, 0) is 33.1 Å². The molecule has 55 heavy (non-hydrogen) atoms. The van der Waals surface area contributed by atoms with Gasteiger partial charge in [-0.05, 0) is 103 Å². The molecule has 2 aromatic carbocycles. The average molecular weight is 753 g/mol. The monoisotopic (exact) mass is 752 g/mol. The summed E-state index contributed by atoms with van der Waals surface area (Å²) in [5.41, 5.74) is 3.53. The zero-order chi connectivity index (χ0) is 38.2. The molecular formula is C45H56N2O8. The predicted octanol–water partition coefficient (Wildman–Crippen LogP) is 4.29. The Balaban J connectivity index is 0.000000128. The fourth-order valence-corrected chi connectivity index (χ4v) is 15.5. The highest BCUT2D eigenvalue weighted by molar-refractivity contribution is 5.67. The molecule has 14 rings (SSSR count). The molecule has 10 nitrogen and oxygen atoms in total. The van der Waals surface area contributed by atoms with Gasteiger partial charge in [0, 0.05) is 60.1 Å². The zero-order valence-corrected chi connectivity index (χ0v) is 33.2. The summed E-state index contributed by atoms with van der Waals surface area (Å²) < 4.78 is 31.6. The second-order valence-electron chi connectivity index (χ2n) is 18.9. The molecule has 10 unspecified atom stereocenters. The van der Waals surface area contributed by atoms with Crippen molar-refractivity contribution in [3.8, 4) is 23.0 Å². The van der Waals surface area contributed by atoms with Gasteiger partial charge in [-0.1, -0.05) is 36.4 Å². The van der Waals surface area contributed by atoms with E-state index in [9.17, 15) is 15.3 Å². The topological polar surface area (TPSA) is 113 Å². The van der Waals surface area contributed by atoms with Crippen molar-refractivity contribution in [1.82, 2.24) is 9.80 Å². The Morgan fingerprint density at radius 2 is 1.16 bits per heavy atom. The molecule has 294 valence electrons. The number of hydrogen-bond acceptors (Lipinski definition) is 10. The smallest absolute Gasteiger partial charge is 0.166 e. The first-order valence-electron chi connectivity index (χ1n) is 20.5. The summed E-state index contributed by atoms with van der Waals surface area (Å²) in [6.07, 6.45) is 13.7. The van der Waals surface area contributed by atoms with E-state index in [-0.39, 0.29) is 51.5 Å². The summed E-state index contributed by atoms with van der Waals surface area (Å²) in [5.74, 6) is 2.59. The first-order valence-corrected chi connectivity index (χ1v) is 20.5. The minimum Gasteiger partial charge on any atom is -0.504 e. The predicted molar refractivity (Wildman–Crippen MR) is 205 cm³/mol. The molecule has 0 aromatic heterocycles. The van der Waals surface area contributed by atoms with Gasteiger partial charge in [0.25, 0.3) is 0 Å². The van der Waals surface area contributed by atoms with Crippen LogP contribution in [0.15, 0.2) is 48.6 Å². The third-order valence-electron chi connectivity index (χ3n) is 17.6. The fourth-order valence-electron chi connectivity index (χ4n) is 15.5. The van der Waals surface area contributed by atoms with Crippen molar-refractivity contribution in [2.75, 3.05) is 48.5 Å². The molecule has 12 aliphatic rings. The van der Waals surface area contributed by atoms with E-state index in [1.54, 1.807) is 27.4 Å². The number of fused-ring (bicyclic) bond motifs is 2. The number of benzene rings is 2. The summed E-state index contributed by atoms with van der Waals surface area (Å²) >= 11 is 0. The van der Waals surface area contributed by atoms with Crippen LogP contribution in [0.4, 0.5) is 0 Å². The number of likely N-dealkylation sites (N-methyl/N-ethyl adjacent to an activating group) is 2. The lowest BCUT2D eigenvalue weighted by Crippen LogP contribution is -2.79. The number of hydrogen-bond donors (Lipinski definition) is 3. The van der Waals surface area contributed by atoms with E-state index in [1.165, 1.54) is 22.3 Å². The maximum absolute atomic E-state index is 10.8. The van der Waals surface area contributed by atoms with Gasteiger partial charge >= 0.3 is 0 Å². The summed E-state index contributed by atoms with van der Waals surface area (Å²) in [7, 11) is 9.70. The number of aliphatic hydroxyl groups excluding tert-OH is 2. The van der Waals surface area contributed by atoms with Gasteiger partial charge in [-0.15, -0.1) is 0 Å². The van der Waals surface area contributed by atoms with Gasteiger partial charge in [0.2, 0.25) is 0 Å². The molecule has 14 atom stereocenters. The number of aromatic hydroxyl groups is 1. The Kier molecular flexibility index (Phi) is 6.94. The van der Waals surface area contributed by atoms with Crippen LogP contribution >= 0.6 is 0 Å². The molecule has 2 aromatic rings. The molecule has 10 heteroatoms. The molecule has 8 bridgehead atoms. The lowest BCUT2D eigenvalue weighted by Gasteiger charge is -2.71. The van der Waals surface area contributed by atoms with Crippen LogP contribution in [0.2, 0.25) is 0 Å². The van der Waals surface area contributed by atoms with E-state index in [0.717, 1.165) is 63.1 Å². The van der Waals surface area contributed by atoms with E-state index < -0.39 is 23.4 Å². The minimum atomic E-state index is -0.670. The summed E-state index contributed by atoms with van der Waals surface area (Å²) in [6.45, 7) is 5.83. The van der Waals surface area contributed by atoms with Crippen LogP contribution in [0.25, 0.3) is 0 Å². The molecule has 4 aliphatic heterocycles. The quantitative estimate of drug-likeness (QED) is 0.383. The number of ether oxygens (including phenoxy) is 5. The standard InChI is InChI=1S/C23H29NO4.C22H27NO4/c1-13(25)15-12-21-7-8-23(15,27-4)20-22(21)9-10-24(2)17(21)11-14-5-6-16(26-3)19(28-20)18(14)22;1-12(24)14-11-20-6-7-22(14,26-3)19-21(20)8-9-23(2)16(20)10-13-4-5-15(25)18(27-19)17(13)21/h5-8,13,15,17,20,25H,9-12H2,1-4H3;4-7,12,14,16,19,24-25H,8-11H2,1-3H3/t13-,15?,17?,20?,21?,22-,23?;12-,14?,16?,19?,20?,21-,22?/m00/s1. The lowest BCUT2D eigenvalue weighted by molar-refractivity contribution is -0.228. The highest BCUT2D eigenvalue weighted by Crippen LogP contribution is 2.76. The SMILES string of the molecule is COC12C=CC3(CC1[C@H](C)O)C1Cc4ccc(O)c5c4[C@@]3(CCN1C)C2O5.COc1ccc2c3c1OC1C4(OC)C=CC5(CC4[C@H](C)O)C(C2)N(C)CC[C@]315. The van der Waals surface area contributed by atoms with E-state index in [1.807, 2.05) is 13.8 Å². The van der Waals surface area contributed by atoms with Crippen LogP contribution in [0.1, 0.15) is 61.8 Å². The van der Waals surface area contributed by atoms with Crippen molar-refractivity contribution in [3.05, 3.63) is 70.8 Å².